The number of carbonyl (C=O) groups is 3. The molecule has 1 saturated heterocycles. The summed E-state index contributed by atoms with van der Waals surface area (Å²) >= 11 is 0. The number of hydrogen-bond acceptors (Lipinski definition) is 7. The number of aliphatic carboxylic acids is 1. The van der Waals surface area contributed by atoms with Gasteiger partial charge >= 0.3 is 5.97 Å². The van der Waals surface area contributed by atoms with E-state index in [9.17, 15) is 24.6 Å². The van der Waals surface area contributed by atoms with Gasteiger partial charge in [-0.3, -0.25) is 9.59 Å². The van der Waals surface area contributed by atoms with Crippen molar-refractivity contribution in [2.24, 2.45) is 11.8 Å². The molecule has 3 aliphatic heterocycles. The highest BCUT2D eigenvalue weighted by molar-refractivity contribution is 6.19. The number of aromatic hydroxyl groups is 1. The van der Waals surface area contributed by atoms with E-state index in [-0.39, 0.29) is 40.8 Å². The normalized spacial score (nSPS) is 31.2. The molecule has 46 heavy (non-hydrogen) atoms. The summed E-state index contributed by atoms with van der Waals surface area (Å²) in [6, 6.07) is 0. The lowest BCUT2D eigenvalue weighted by Crippen LogP contribution is -2.72. The highest BCUT2D eigenvalue weighted by atomic mass is 16.6. The van der Waals surface area contributed by atoms with Crippen molar-refractivity contribution in [2.45, 2.75) is 110 Å². The van der Waals surface area contributed by atoms with Gasteiger partial charge in [-0.1, -0.05) is 35.5 Å². The van der Waals surface area contributed by atoms with E-state index in [0.717, 1.165) is 12.0 Å². The lowest BCUT2D eigenvalue weighted by atomic mass is 9.51. The van der Waals surface area contributed by atoms with Gasteiger partial charge in [0.1, 0.15) is 28.4 Å². The second-order valence-electron chi connectivity index (χ2n) is 14.8. The quantitative estimate of drug-likeness (QED) is 0.228. The van der Waals surface area contributed by atoms with Gasteiger partial charge in [0.2, 0.25) is 0 Å². The van der Waals surface area contributed by atoms with Crippen LogP contribution in [-0.2, 0) is 20.7 Å². The third-order valence-electron chi connectivity index (χ3n) is 10.5. The molecule has 1 saturated carbocycles. The molecule has 1 spiro atoms. The van der Waals surface area contributed by atoms with E-state index in [1.165, 1.54) is 18.6 Å². The van der Waals surface area contributed by atoms with Crippen LogP contribution in [0.2, 0.25) is 0 Å². The SMILES string of the molecule is CC(C)=CCC[C@]1(C)C=Cc2c(O)c3c(c(CC=C(C)C)c2O1)OC12C(=C[C@@H]4C[C@H]1C(C)(C)O[C@@]2(C/C=C(/C)C(=O)O)C4=O)C3=O. The van der Waals surface area contributed by atoms with Crippen LogP contribution in [-0.4, -0.2) is 50.2 Å². The Kier molecular flexibility index (Phi) is 7.36. The smallest absolute Gasteiger partial charge is 0.330 e. The van der Waals surface area contributed by atoms with Crippen LogP contribution in [0.5, 0.6) is 17.2 Å². The van der Waals surface area contributed by atoms with Gasteiger partial charge in [-0.25, -0.2) is 4.79 Å². The fourth-order valence-electron chi connectivity index (χ4n) is 8.17. The first kappa shape index (κ1) is 32.0. The number of ether oxygens (including phenoxy) is 3. The minimum Gasteiger partial charge on any atom is -0.506 e. The molecular formula is C38H44O8. The molecule has 0 amide bonds. The molecule has 7 rings (SSSR count). The molecule has 8 heteroatoms. The number of benzene rings is 1. The highest BCUT2D eigenvalue weighted by Crippen LogP contribution is 2.68. The highest BCUT2D eigenvalue weighted by Gasteiger charge is 2.81. The minimum atomic E-state index is -1.63. The standard InChI is InChI=1S/C38H44O8/c1-20(2)10-9-15-36(8)16-14-24-29(39)28-30(40)26-18-23-19-27-35(6,7)46-37(33(23)41,17-13-22(5)34(42)43)38(26,27)45-32(28)25(31(24)44-36)12-11-21(3)4/h10-11,13-14,16,18,23,27,39H,9,12,15,17,19H2,1-8H3,(H,42,43)/b22-13-/t23-,27+,36-,37+,38?/m1/s1. The maximum absolute atomic E-state index is 14.7. The van der Waals surface area contributed by atoms with E-state index >= 15 is 0 Å². The van der Waals surface area contributed by atoms with Gasteiger partial charge in [0, 0.05) is 35.0 Å². The number of phenols is 1. The predicted molar refractivity (Wildman–Crippen MR) is 174 cm³/mol. The summed E-state index contributed by atoms with van der Waals surface area (Å²) in [6.07, 6.45) is 13.4. The molecule has 4 bridgehead atoms. The zero-order chi connectivity index (χ0) is 33.6. The van der Waals surface area contributed by atoms with Gasteiger partial charge in [0.15, 0.2) is 22.8 Å². The number of hydrogen-bond donors (Lipinski definition) is 2. The molecule has 8 nitrogen and oxygen atoms in total. The molecule has 0 aromatic heterocycles. The first-order valence-electron chi connectivity index (χ1n) is 16.2. The van der Waals surface area contributed by atoms with Crippen molar-refractivity contribution < 1.29 is 38.8 Å². The van der Waals surface area contributed by atoms with Crippen LogP contribution in [0.25, 0.3) is 6.08 Å². The van der Waals surface area contributed by atoms with Crippen molar-refractivity contribution in [3.05, 3.63) is 69.4 Å². The zero-order valence-electron chi connectivity index (χ0n) is 28.0. The summed E-state index contributed by atoms with van der Waals surface area (Å²) in [4.78, 5) is 40.8. The number of carboxylic acid groups (broad SMARTS) is 1. The lowest BCUT2D eigenvalue weighted by molar-refractivity contribution is -0.171. The topological polar surface area (TPSA) is 119 Å². The summed E-state index contributed by atoms with van der Waals surface area (Å²) in [5.74, 6) is -2.28. The summed E-state index contributed by atoms with van der Waals surface area (Å²) < 4.78 is 20.6. The Labute approximate surface area is 270 Å². The van der Waals surface area contributed by atoms with Gasteiger partial charge in [-0.05, 0) is 93.2 Å². The van der Waals surface area contributed by atoms with Crippen LogP contribution in [0.3, 0.4) is 0 Å². The maximum atomic E-state index is 14.7. The molecule has 1 aromatic carbocycles. The molecule has 2 N–H and O–H groups in total. The van der Waals surface area contributed by atoms with Crippen molar-refractivity contribution >= 4 is 23.6 Å². The van der Waals surface area contributed by atoms with E-state index < -0.39 is 40.1 Å². The molecule has 1 aromatic rings. The second-order valence-corrected chi connectivity index (χ2v) is 14.8. The van der Waals surface area contributed by atoms with E-state index in [4.69, 9.17) is 14.2 Å². The third-order valence-corrected chi connectivity index (χ3v) is 10.5. The predicted octanol–water partition coefficient (Wildman–Crippen LogP) is 7.24. The molecule has 5 atom stereocenters. The summed E-state index contributed by atoms with van der Waals surface area (Å²) in [6.45, 7) is 15.4. The number of Topliss-reactive ketones (excluding diaryl/α,β-unsaturated/α-hetero) is 2. The van der Waals surface area contributed by atoms with Crippen LogP contribution in [0.4, 0.5) is 0 Å². The number of carbonyl (C=O) groups excluding carboxylic acids is 2. The molecule has 0 radical (unpaired) electrons. The van der Waals surface area contributed by atoms with E-state index in [0.29, 0.717) is 41.7 Å². The van der Waals surface area contributed by atoms with Crippen LogP contribution in [0.1, 0.15) is 103 Å². The fraction of sp³-hybridized carbons (Fsp3) is 0.500. The lowest BCUT2D eigenvalue weighted by Gasteiger charge is -2.56. The van der Waals surface area contributed by atoms with Gasteiger partial charge in [-0.2, -0.15) is 0 Å². The minimum absolute atomic E-state index is 0.0544. The van der Waals surface area contributed by atoms with Crippen LogP contribution in [0.15, 0.2) is 52.7 Å². The third kappa shape index (κ3) is 4.47. The van der Waals surface area contributed by atoms with E-state index in [1.54, 1.807) is 6.08 Å². The van der Waals surface area contributed by atoms with E-state index in [1.807, 2.05) is 52.8 Å². The number of ketones is 2. The average molecular weight is 629 g/mol. The summed E-state index contributed by atoms with van der Waals surface area (Å²) in [7, 11) is 0. The molecular weight excluding hydrogens is 584 g/mol. The second kappa shape index (κ2) is 10.6. The van der Waals surface area contributed by atoms with Gasteiger partial charge in [0.25, 0.3) is 0 Å². The largest absolute Gasteiger partial charge is 0.506 e. The van der Waals surface area contributed by atoms with Crippen molar-refractivity contribution in [3.63, 3.8) is 0 Å². The Morgan fingerprint density at radius 1 is 1.00 bits per heavy atom. The van der Waals surface area contributed by atoms with Gasteiger partial charge < -0.3 is 24.4 Å². The Hall–Kier alpha value is -3.91. The monoisotopic (exact) mass is 628 g/mol. The number of rotatable bonds is 8. The number of fused-ring (bicyclic) bond motifs is 2. The van der Waals surface area contributed by atoms with Crippen LogP contribution < -0.4 is 9.47 Å². The Balaban J connectivity index is 1.59. The van der Waals surface area contributed by atoms with Crippen LogP contribution in [0, 0.1) is 11.8 Å². The summed E-state index contributed by atoms with van der Waals surface area (Å²) in [5.41, 5.74) is -0.952. The van der Waals surface area contributed by atoms with Gasteiger partial charge in [0.05, 0.1) is 11.2 Å². The molecule has 244 valence electrons. The van der Waals surface area contributed by atoms with Crippen molar-refractivity contribution in [1.29, 1.82) is 0 Å². The zero-order valence-corrected chi connectivity index (χ0v) is 28.0. The first-order chi connectivity index (χ1) is 21.5. The van der Waals surface area contributed by atoms with Crippen LogP contribution >= 0.6 is 0 Å². The summed E-state index contributed by atoms with van der Waals surface area (Å²) in [5, 5.41) is 21.4. The van der Waals surface area contributed by atoms with Crippen molar-refractivity contribution in [3.8, 4) is 17.2 Å². The molecule has 6 aliphatic rings. The average Bonchev–Trinajstić information content (AvgIpc) is 3.12. The Morgan fingerprint density at radius 2 is 1.70 bits per heavy atom. The molecule has 3 heterocycles. The fourth-order valence-corrected chi connectivity index (χ4v) is 8.17. The molecule has 1 unspecified atom stereocenters. The number of allylic oxidation sites excluding steroid dienone is 5. The maximum Gasteiger partial charge on any atom is 0.330 e. The Bertz CT molecular complexity index is 1730. The Morgan fingerprint density at radius 3 is 2.35 bits per heavy atom. The number of phenolic OH excluding ortho intramolecular Hbond substituents is 1. The molecule has 3 aliphatic carbocycles. The number of carboxylic acids is 1. The van der Waals surface area contributed by atoms with Gasteiger partial charge in [-0.15, -0.1) is 0 Å². The molecule has 2 fully saturated rings. The van der Waals surface area contributed by atoms with Crippen molar-refractivity contribution in [2.75, 3.05) is 0 Å². The first-order valence-corrected chi connectivity index (χ1v) is 16.2. The van der Waals surface area contributed by atoms with Crippen molar-refractivity contribution in [1.82, 2.24) is 0 Å². The van der Waals surface area contributed by atoms with E-state index in [2.05, 4.69) is 19.9 Å².